The minimum Gasteiger partial charge on any atom is -0.467 e. The molecular weight excluding hydrogens is 327 g/mol. The van der Waals surface area contributed by atoms with Crippen molar-refractivity contribution in [3.63, 3.8) is 0 Å². The SMILES string of the molecule is COC(=O)[C@H](C)OS(=O)(=O)C(F)(F)F.Cc1cccc(C)n1. The molecule has 0 bridgehead atoms. The molecule has 0 aliphatic heterocycles. The first-order chi connectivity index (χ1) is 9.90. The van der Waals surface area contributed by atoms with E-state index in [0.717, 1.165) is 25.4 Å². The quantitative estimate of drug-likeness (QED) is 0.475. The van der Waals surface area contributed by atoms with Crippen LogP contribution < -0.4 is 0 Å². The fourth-order valence-electron chi connectivity index (χ4n) is 1.13. The van der Waals surface area contributed by atoms with Crippen molar-refractivity contribution in [2.24, 2.45) is 0 Å². The van der Waals surface area contributed by atoms with E-state index in [1.54, 1.807) is 0 Å². The van der Waals surface area contributed by atoms with Crippen molar-refractivity contribution in [3.05, 3.63) is 29.6 Å². The van der Waals surface area contributed by atoms with Crippen molar-refractivity contribution in [1.29, 1.82) is 0 Å². The molecule has 1 rings (SSSR count). The van der Waals surface area contributed by atoms with Crippen LogP contribution in [0.2, 0.25) is 0 Å². The number of hydrogen-bond acceptors (Lipinski definition) is 6. The van der Waals surface area contributed by atoms with Crippen molar-refractivity contribution in [2.45, 2.75) is 32.4 Å². The summed E-state index contributed by atoms with van der Waals surface area (Å²) in [6.45, 7) is 4.81. The van der Waals surface area contributed by atoms with Crippen molar-refractivity contribution in [1.82, 2.24) is 4.98 Å². The molecule has 126 valence electrons. The van der Waals surface area contributed by atoms with Gasteiger partial charge in [-0.1, -0.05) is 6.07 Å². The van der Waals surface area contributed by atoms with E-state index in [0.29, 0.717) is 0 Å². The highest BCUT2D eigenvalue weighted by Gasteiger charge is 2.49. The topological polar surface area (TPSA) is 82.6 Å². The molecular formula is C12H16F3NO5S. The normalized spacial score (nSPS) is 12.9. The van der Waals surface area contributed by atoms with Crippen LogP contribution in [0.25, 0.3) is 0 Å². The number of ether oxygens (including phenoxy) is 1. The Morgan fingerprint density at radius 2 is 1.68 bits per heavy atom. The number of carbonyl (C=O) groups excluding carboxylic acids is 1. The zero-order valence-electron chi connectivity index (χ0n) is 12.3. The maximum atomic E-state index is 11.7. The zero-order valence-corrected chi connectivity index (χ0v) is 13.2. The number of pyridine rings is 1. The maximum Gasteiger partial charge on any atom is 0.523 e. The molecule has 0 spiro atoms. The van der Waals surface area contributed by atoms with Crippen molar-refractivity contribution in [2.75, 3.05) is 7.11 Å². The summed E-state index contributed by atoms with van der Waals surface area (Å²) >= 11 is 0. The lowest BCUT2D eigenvalue weighted by Crippen LogP contribution is -2.33. The van der Waals surface area contributed by atoms with Crippen LogP contribution in [0.3, 0.4) is 0 Å². The smallest absolute Gasteiger partial charge is 0.467 e. The molecule has 0 fully saturated rings. The predicted molar refractivity (Wildman–Crippen MR) is 71.2 cm³/mol. The molecule has 10 heteroatoms. The van der Waals surface area contributed by atoms with E-state index in [-0.39, 0.29) is 0 Å². The predicted octanol–water partition coefficient (Wildman–Crippen LogP) is 2.11. The number of hydrogen-bond donors (Lipinski definition) is 0. The van der Waals surface area contributed by atoms with E-state index < -0.39 is 27.7 Å². The van der Waals surface area contributed by atoms with Crippen molar-refractivity contribution in [3.8, 4) is 0 Å². The van der Waals surface area contributed by atoms with Crippen LogP contribution in [0.4, 0.5) is 13.2 Å². The highest BCUT2D eigenvalue weighted by molar-refractivity contribution is 7.87. The Balaban J connectivity index is 0.000000461. The third kappa shape index (κ3) is 6.85. The lowest BCUT2D eigenvalue weighted by atomic mass is 10.3. The van der Waals surface area contributed by atoms with Gasteiger partial charge in [0.05, 0.1) is 7.11 Å². The molecule has 1 heterocycles. The third-order valence-corrected chi connectivity index (χ3v) is 3.22. The highest BCUT2D eigenvalue weighted by atomic mass is 32.2. The number of rotatable bonds is 3. The first-order valence-corrected chi connectivity index (χ1v) is 7.29. The minimum atomic E-state index is -5.75. The van der Waals surface area contributed by atoms with Crippen LogP contribution in [0.15, 0.2) is 18.2 Å². The van der Waals surface area contributed by atoms with Crippen LogP contribution in [-0.4, -0.2) is 38.1 Å². The minimum absolute atomic E-state index is 0.828. The van der Waals surface area contributed by atoms with Gasteiger partial charge in [0, 0.05) is 11.4 Å². The summed E-state index contributed by atoms with van der Waals surface area (Å²) in [4.78, 5) is 14.7. The Hall–Kier alpha value is -1.68. The van der Waals surface area contributed by atoms with E-state index in [9.17, 15) is 26.4 Å². The molecule has 0 saturated heterocycles. The average Bonchev–Trinajstić information content (AvgIpc) is 2.36. The number of esters is 1. The highest BCUT2D eigenvalue weighted by Crippen LogP contribution is 2.25. The van der Waals surface area contributed by atoms with Gasteiger partial charge in [-0.3, -0.25) is 4.98 Å². The molecule has 0 N–H and O–H groups in total. The molecule has 0 amide bonds. The largest absolute Gasteiger partial charge is 0.523 e. The number of alkyl halides is 3. The average molecular weight is 343 g/mol. The molecule has 1 aromatic heterocycles. The summed E-state index contributed by atoms with van der Waals surface area (Å²) in [7, 11) is -4.86. The van der Waals surface area contributed by atoms with Gasteiger partial charge in [-0.15, -0.1) is 0 Å². The molecule has 0 aromatic carbocycles. The number of nitrogens with zero attached hydrogens (tertiary/aromatic N) is 1. The standard InChI is InChI=1S/C7H9N.C5H7F3O5S/c1-6-4-3-5-7(2)8-6;1-3(4(9)12-2)13-14(10,11)5(6,7)8/h3-5H,1-2H3;3H,1-2H3/t;3-/m.0/s1. The summed E-state index contributed by atoms with van der Waals surface area (Å²) in [5, 5.41) is 0. The second-order valence-corrected chi connectivity index (χ2v) is 5.65. The van der Waals surface area contributed by atoms with Gasteiger partial charge in [0.1, 0.15) is 0 Å². The van der Waals surface area contributed by atoms with Gasteiger partial charge in [-0.2, -0.15) is 21.6 Å². The van der Waals surface area contributed by atoms with Gasteiger partial charge in [0.25, 0.3) is 0 Å². The Morgan fingerprint density at radius 3 is 1.95 bits per heavy atom. The van der Waals surface area contributed by atoms with Crippen LogP contribution in [0.5, 0.6) is 0 Å². The third-order valence-electron chi connectivity index (χ3n) is 2.12. The Kier molecular flexibility index (Phi) is 7.47. The first kappa shape index (κ1) is 20.3. The lowest BCUT2D eigenvalue weighted by molar-refractivity contribution is -0.148. The first-order valence-electron chi connectivity index (χ1n) is 5.88. The zero-order chi connectivity index (χ0) is 17.6. The Labute approximate surface area is 126 Å². The van der Waals surface area contributed by atoms with Crippen molar-refractivity contribution >= 4 is 16.1 Å². The van der Waals surface area contributed by atoms with Gasteiger partial charge in [-0.25, -0.2) is 8.98 Å². The monoisotopic (exact) mass is 343 g/mol. The van der Waals surface area contributed by atoms with E-state index in [1.165, 1.54) is 0 Å². The number of aryl methyl sites for hydroxylation is 2. The summed E-state index contributed by atoms with van der Waals surface area (Å²) < 4.78 is 63.2. The second kappa shape index (κ2) is 8.08. The van der Waals surface area contributed by atoms with Crippen LogP contribution in [0.1, 0.15) is 18.3 Å². The summed E-state index contributed by atoms with van der Waals surface area (Å²) in [6, 6.07) is 6.00. The van der Waals surface area contributed by atoms with Crippen LogP contribution in [0, 0.1) is 13.8 Å². The van der Waals surface area contributed by atoms with Gasteiger partial charge in [0.2, 0.25) is 0 Å². The lowest BCUT2D eigenvalue weighted by Gasteiger charge is -2.12. The van der Waals surface area contributed by atoms with Crippen LogP contribution in [-0.2, 0) is 23.8 Å². The van der Waals surface area contributed by atoms with E-state index in [2.05, 4.69) is 13.9 Å². The molecule has 1 aromatic rings. The number of aromatic nitrogens is 1. The molecule has 0 aliphatic carbocycles. The Bertz CT molecular complexity index is 584. The molecule has 0 aliphatic rings. The molecule has 0 saturated carbocycles. The van der Waals surface area contributed by atoms with E-state index >= 15 is 0 Å². The fraction of sp³-hybridized carbons (Fsp3) is 0.500. The van der Waals surface area contributed by atoms with Gasteiger partial charge in [0.15, 0.2) is 6.10 Å². The second-order valence-electron chi connectivity index (χ2n) is 4.08. The van der Waals surface area contributed by atoms with E-state index in [4.69, 9.17) is 0 Å². The summed E-state index contributed by atoms with van der Waals surface area (Å²) in [5.41, 5.74) is -3.37. The van der Waals surface area contributed by atoms with Gasteiger partial charge in [-0.05, 0) is 32.9 Å². The molecule has 22 heavy (non-hydrogen) atoms. The molecule has 1 atom stereocenters. The van der Waals surface area contributed by atoms with Crippen LogP contribution >= 0.6 is 0 Å². The summed E-state index contributed by atoms with van der Waals surface area (Å²) in [5.74, 6) is -1.21. The summed E-state index contributed by atoms with van der Waals surface area (Å²) in [6.07, 6.45) is -1.83. The molecule has 6 nitrogen and oxygen atoms in total. The fourth-order valence-corrected chi connectivity index (χ4v) is 1.70. The van der Waals surface area contributed by atoms with Gasteiger partial charge >= 0.3 is 21.6 Å². The van der Waals surface area contributed by atoms with E-state index in [1.807, 2.05) is 32.0 Å². The maximum absolute atomic E-state index is 11.7. The number of carbonyl (C=O) groups is 1. The van der Waals surface area contributed by atoms with Crippen molar-refractivity contribution < 1.29 is 35.3 Å². The Morgan fingerprint density at radius 1 is 1.23 bits per heavy atom. The van der Waals surface area contributed by atoms with Gasteiger partial charge < -0.3 is 4.74 Å². The number of halogens is 3. The molecule has 0 unspecified atom stereocenters. The number of methoxy groups -OCH3 is 1. The molecule has 0 radical (unpaired) electrons.